The minimum atomic E-state index is -1.26. The average Bonchev–Trinajstić information content (AvgIpc) is 2.35. The molecule has 1 atom stereocenters. The summed E-state index contributed by atoms with van der Waals surface area (Å²) in [6, 6.07) is 3.32. The Kier molecular flexibility index (Phi) is 5.22. The first-order valence-electron chi connectivity index (χ1n) is 5.96. The fraction of sp³-hybridized carbons (Fsp3) is 0.308. The molecule has 0 spiro atoms. The lowest BCUT2D eigenvalue weighted by atomic mass is 10.1. The summed E-state index contributed by atoms with van der Waals surface area (Å²) in [5, 5.41) is 20.3. The highest BCUT2D eigenvalue weighted by Crippen LogP contribution is 2.16. The second-order valence-corrected chi connectivity index (χ2v) is 4.47. The van der Waals surface area contributed by atoms with Crippen LogP contribution in [0, 0.1) is 0 Å². The van der Waals surface area contributed by atoms with Crippen molar-refractivity contribution in [2.45, 2.75) is 25.8 Å². The first-order chi connectivity index (χ1) is 9.29. The maximum Gasteiger partial charge on any atom is 0.335 e. The summed E-state index contributed by atoms with van der Waals surface area (Å²) < 4.78 is 0. The van der Waals surface area contributed by atoms with Gasteiger partial charge in [-0.2, -0.15) is 0 Å². The van der Waals surface area contributed by atoms with Crippen LogP contribution in [0.1, 0.15) is 40.5 Å². The normalized spacial score (nSPS) is 11.7. The van der Waals surface area contributed by atoms with Crippen LogP contribution in [-0.4, -0.2) is 34.1 Å². The number of nitrogens with two attached hydrogens (primary N) is 1. The smallest absolute Gasteiger partial charge is 0.335 e. The standard InChI is InChI=1S/C13H16N2O5/c1-7(14)2-3-11(16)15-10-5-8(12(17)18)4-9(6-10)13(19)20/h4-7H,2-3,14H2,1H3,(H,15,16)(H,17,18)(H,19,20). The number of benzene rings is 1. The van der Waals surface area contributed by atoms with Gasteiger partial charge in [0.15, 0.2) is 0 Å². The molecule has 7 heteroatoms. The van der Waals surface area contributed by atoms with E-state index in [1.165, 1.54) is 12.1 Å². The molecule has 1 aromatic rings. The molecule has 0 bridgehead atoms. The highest BCUT2D eigenvalue weighted by molar-refractivity contribution is 5.98. The average molecular weight is 280 g/mol. The van der Waals surface area contributed by atoms with Crippen LogP contribution in [0.4, 0.5) is 5.69 Å². The number of carbonyl (C=O) groups is 3. The molecule has 0 saturated heterocycles. The molecule has 5 N–H and O–H groups in total. The Labute approximate surface area is 115 Å². The number of amides is 1. The van der Waals surface area contributed by atoms with Crippen LogP contribution in [-0.2, 0) is 4.79 Å². The van der Waals surface area contributed by atoms with E-state index in [-0.39, 0.29) is 35.2 Å². The van der Waals surface area contributed by atoms with Gasteiger partial charge in [-0.3, -0.25) is 4.79 Å². The van der Waals surface area contributed by atoms with Gasteiger partial charge in [0.25, 0.3) is 0 Å². The maximum absolute atomic E-state index is 11.6. The first-order valence-corrected chi connectivity index (χ1v) is 5.96. The van der Waals surface area contributed by atoms with E-state index in [4.69, 9.17) is 15.9 Å². The molecule has 108 valence electrons. The third-order valence-corrected chi connectivity index (χ3v) is 2.54. The van der Waals surface area contributed by atoms with Gasteiger partial charge >= 0.3 is 11.9 Å². The molecule has 0 heterocycles. The predicted octanol–water partition coefficient (Wildman–Crippen LogP) is 1.15. The summed E-state index contributed by atoms with van der Waals surface area (Å²) in [6.07, 6.45) is 0.660. The van der Waals surface area contributed by atoms with Gasteiger partial charge in [-0.05, 0) is 31.5 Å². The number of hydrogen-bond acceptors (Lipinski definition) is 4. The van der Waals surface area contributed by atoms with Gasteiger partial charge in [0.2, 0.25) is 5.91 Å². The molecule has 0 aliphatic carbocycles. The lowest BCUT2D eigenvalue weighted by Crippen LogP contribution is -2.19. The van der Waals surface area contributed by atoms with E-state index >= 15 is 0 Å². The molecule has 1 unspecified atom stereocenters. The summed E-state index contributed by atoms with van der Waals surface area (Å²) in [4.78, 5) is 33.4. The molecule has 0 fully saturated rings. The van der Waals surface area contributed by atoms with Crippen LogP contribution in [0.25, 0.3) is 0 Å². The van der Waals surface area contributed by atoms with Crippen LogP contribution < -0.4 is 11.1 Å². The predicted molar refractivity (Wildman–Crippen MR) is 71.9 cm³/mol. The molecule has 0 saturated carbocycles. The van der Waals surface area contributed by atoms with Gasteiger partial charge in [0.05, 0.1) is 11.1 Å². The Morgan fingerprint density at radius 1 is 1.15 bits per heavy atom. The fourth-order valence-corrected chi connectivity index (χ4v) is 1.53. The van der Waals surface area contributed by atoms with Crippen molar-refractivity contribution >= 4 is 23.5 Å². The van der Waals surface area contributed by atoms with Crippen molar-refractivity contribution in [1.82, 2.24) is 0 Å². The van der Waals surface area contributed by atoms with E-state index in [9.17, 15) is 14.4 Å². The summed E-state index contributed by atoms with van der Waals surface area (Å²) in [5.41, 5.74) is 5.26. The molecule has 20 heavy (non-hydrogen) atoms. The van der Waals surface area contributed by atoms with E-state index in [0.717, 1.165) is 6.07 Å². The van der Waals surface area contributed by atoms with Gasteiger partial charge in [-0.25, -0.2) is 9.59 Å². The Balaban J connectivity index is 2.91. The molecule has 7 nitrogen and oxygen atoms in total. The SMILES string of the molecule is CC(N)CCC(=O)Nc1cc(C(=O)O)cc(C(=O)O)c1. The zero-order valence-corrected chi connectivity index (χ0v) is 10.9. The quantitative estimate of drug-likeness (QED) is 0.618. The lowest BCUT2D eigenvalue weighted by molar-refractivity contribution is -0.116. The molecule has 1 rings (SSSR count). The van der Waals surface area contributed by atoms with Gasteiger partial charge in [-0.15, -0.1) is 0 Å². The summed E-state index contributed by atoms with van der Waals surface area (Å²) in [6.45, 7) is 1.76. The highest BCUT2D eigenvalue weighted by Gasteiger charge is 2.13. The molecule has 0 radical (unpaired) electrons. The zero-order chi connectivity index (χ0) is 15.3. The van der Waals surface area contributed by atoms with Gasteiger partial charge in [-0.1, -0.05) is 0 Å². The monoisotopic (exact) mass is 280 g/mol. The number of aromatic carboxylic acids is 2. The molecule has 0 aromatic heterocycles. The van der Waals surface area contributed by atoms with Gasteiger partial charge in [0, 0.05) is 18.2 Å². The molecule has 1 amide bonds. The van der Waals surface area contributed by atoms with Crippen molar-refractivity contribution in [2.24, 2.45) is 5.73 Å². The van der Waals surface area contributed by atoms with Crippen LogP contribution >= 0.6 is 0 Å². The van der Waals surface area contributed by atoms with Crippen LogP contribution in [0.3, 0.4) is 0 Å². The Bertz CT molecular complexity index is 507. The number of nitrogens with one attached hydrogen (secondary N) is 1. The van der Waals surface area contributed by atoms with E-state index in [0.29, 0.717) is 6.42 Å². The Morgan fingerprint density at radius 3 is 2.05 bits per heavy atom. The number of carboxylic acid groups (broad SMARTS) is 2. The molecule has 0 aliphatic heterocycles. The van der Waals surface area contributed by atoms with E-state index in [2.05, 4.69) is 5.32 Å². The number of anilines is 1. The fourth-order valence-electron chi connectivity index (χ4n) is 1.53. The van der Waals surface area contributed by atoms with Crippen molar-refractivity contribution in [3.8, 4) is 0 Å². The second kappa shape index (κ2) is 6.67. The van der Waals surface area contributed by atoms with Crippen molar-refractivity contribution in [1.29, 1.82) is 0 Å². The topological polar surface area (TPSA) is 130 Å². The largest absolute Gasteiger partial charge is 0.478 e. The minimum absolute atomic E-state index is 0.124. The van der Waals surface area contributed by atoms with Crippen molar-refractivity contribution < 1.29 is 24.6 Å². The summed E-state index contributed by atoms with van der Waals surface area (Å²) in [7, 11) is 0. The number of carboxylic acids is 2. The second-order valence-electron chi connectivity index (χ2n) is 4.47. The van der Waals surface area contributed by atoms with E-state index in [1.807, 2.05) is 0 Å². The van der Waals surface area contributed by atoms with Crippen LogP contribution in [0.2, 0.25) is 0 Å². The molecule has 0 aliphatic rings. The molecular formula is C13H16N2O5. The molecule has 1 aromatic carbocycles. The van der Waals surface area contributed by atoms with Crippen LogP contribution in [0.15, 0.2) is 18.2 Å². The Morgan fingerprint density at radius 2 is 1.65 bits per heavy atom. The first kappa shape index (κ1) is 15.6. The van der Waals surface area contributed by atoms with Gasteiger partial charge in [0.1, 0.15) is 0 Å². The minimum Gasteiger partial charge on any atom is -0.478 e. The maximum atomic E-state index is 11.6. The summed E-state index contributed by atoms with van der Waals surface area (Å²) in [5.74, 6) is -2.88. The number of hydrogen-bond donors (Lipinski definition) is 4. The van der Waals surface area contributed by atoms with E-state index < -0.39 is 11.9 Å². The highest BCUT2D eigenvalue weighted by atomic mass is 16.4. The van der Waals surface area contributed by atoms with E-state index in [1.54, 1.807) is 6.92 Å². The van der Waals surface area contributed by atoms with Gasteiger partial charge < -0.3 is 21.3 Å². The summed E-state index contributed by atoms with van der Waals surface area (Å²) >= 11 is 0. The van der Waals surface area contributed by atoms with Crippen molar-refractivity contribution in [3.63, 3.8) is 0 Å². The van der Waals surface area contributed by atoms with Crippen LogP contribution in [0.5, 0.6) is 0 Å². The third-order valence-electron chi connectivity index (χ3n) is 2.54. The molecular weight excluding hydrogens is 264 g/mol. The zero-order valence-electron chi connectivity index (χ0n) is 10.9. The number of rotatable bonds is 6. The third kappa shape index (κ3) is 4.69. The number of carbonyl (C=O) groups excluding carboxylic acids is 1. The lowest BCUT2D eigenvalue weighted by Gasteiger charge is -2.09. The van der Waals surface area contributed by atoms with Crippen molar-refractivity contribution in [3.05, 3.63) is 29.3 Å². The van der Waals surface area contributed by atoms with Crippen molar-refractivity contribution in [2.75, 3.05) is 5.32 Å². The Hall–Kier alpha value is -2.41.